The molecule has 5 heteroatoms. The van der Waals surface area contributed by atoms with Crippen LogP contribution in [0.25, 0.3) is 0 Å². The minimum Gasteiger partial charge on any atom is -0.423 e. The van der Waals surface area contributed by atoms with Crippen molar-refractivity contribution in [2.75, 3.05) is 0 Å². The minimum absolute atomic E-state index is 0.0423. The van der Waals surface area contributed by atoms with Gasteiger partial charge in [0.15, 0.2) is 11.6 Å². The number of carbonyl (C=O) groups is 1. The van der Waals surface area contributed by atoms with Gasteiger partial charge in [0.2, 0.25) is 5.82 Å². The molecular weight excluding hydrogens is 374 g/mol. The molecule has 0 saturated heterocycles. The molecule has 0 radical (unpaired) electrons. The van der Waals surface area contributed by atoms with Crippen molar-refractivity contribution in [1.29, 1.82) is 0 Å². The van der Waals surface area contributed by atoms with Gasteiger partial charge in [-0.15, -0.1) is 0 Å². The van der Waals surface area contributed by atoms with E-state index in [1.54, 1.807) is 0 Å². The molecule has 162 valence electrons. The van der Waals surface area contributed by atoms with E-state index in [-0.39, 0.29) is 29.9 Å². The van der Waals surface area contributed by atoms with Crippen molar-refractivity contribution in [3.05, 3.63) is 29.3 Å². The van der Waals surface area contributed by atoms with Gasteiger partial charge in [0.1, 0.15) is 0 Å². The molecule has 0 aromatic heterocycles. The van der Waals surface area contributed by atoms with Crippen molar-refractivity contribution in [3.8, 4) is 5.75 Å². The second kappa shape index (κ2) is 10.5. The molecule has 0 amide bonds. The Morgan fingerprint density at radius 2 is 1.69 bits per heavy atom. The van der Waals surface area contributed by atoms with Crippen LogP contribution in [0.5, 0.6) is 5.75 Å². The molecule has 0 unspecified atom stereocenters. The highest BCUT2D eigenvalue weighted by molar-refractivity contribution is 5.75. The van der Waals surface area contributed by atoms with E-state index in [0.717, 1.165) is 57.3 Å². The Labute approximate surface area is 173 Å². The number of hydrogen-bond acceptors (Lipinski definition) is 3. The van der Waals surface area contributed by atoms with Crippen molar-refractivity contribution >= 4 is 5.97 Å². The fourth-order valence-corrected chi connectivity index (χ4v) is 4.65. The molecule has 0 aliphatic heterocycles. The number of halogens is 2. The molecule has 3 nitrogen and oxygen atoms in total. The van der Waals surface area contributed by atoms with E-state index in [1.807, 2.05) is 0 Å². The molecule has 0 N–H and O–H groups in total. The quantitative estimate of drug-likeness (QED) is 0.378. The fraction of sp³-hybridized carbons (Fsp3) is 0.708. The fourth-order valence-electron chi connectivity index (χ4n) is 4.65. The van der Waals surface area contributed by atoms with E-state index < -0.39 is 17.6 Å². The summed E-state index contributed by atoms with van der Waals surface area (Å²) in [5.74, 6) is -1.70. The van der Waals surface area contributed by atoms with Gasteiger partial charge in [0, 0.05) is 5.56 Å². The van der Waals surface area contributed by atoms with Crippen LogP contribution in [-0.4, -0.2) is 12.1 Å². The van der Waals surface area contributed by atoms with E-state index in [2.05, 4.69) is 13.8 Å². The maximum Gasteiger partial charge on any atom is 0.314 e. The van der Waals surface area contributed by atoms with E-state index in [0.29, 0.717) is 5.92 Å². The molecule has 2 aliphatic carbocycles. The Balaban J connectivity index is 1.52. The summed E-state index contributed by atoms with van der Waals surface area (Å²) in [4.78, 5) is 12.3. The van der Waals surface area contributed by atoms with Gasteiger partial charge in [-0.25, -0.2) is 4.39 Å². The molecule has 2 aliphatic rings. The van der Waals surface area contributed by atoms with Gasteiger partial charge in [-0.05, 0) is 75.3 Å². The summed E-state index contributed by atoms with van der Waals surface area (Å²) in [6, 6.07) is 2.81. The van der Waals surface area contributed by atoms with Crippen LogP contribution in [0.15, 0.2) is 12.1 Å². The SMILES string of the molecule is CCCC1CCC(OCc2ccc(OC(=O)C3CCC(C)CC3)c(F)c2F)CC1. The van der Waals surface area contributed by atoms with Crippen LogP contribution in [-0.2, 0) is 16.1 Å². The van der Waals surface area contributed by atoms with Gasteiger partial charge in [-0.2, -0.15) is 4.39 Å². The normalized spacial score (nSPS) is 27.6. The third-order valence-electron chi connectivity index (χ3n) is 6.65. The zero-order valence-corrected chi connectivity index (χ0v) is 17.7. The number of ether oxygens (including phenoxy) is 2. The Bertz CT molecular complexity index is 675. The molecule has 3 rings (SSSR count). The molecule has 0 heterocycles. The van der Waals surface area contributed by atoms with Crippen molar-refractivity contribution in [1.82, 2.24) is 0 Å². The highest BCUT2D eigenvalue weighted by Gasteiger charge is 2.28. The summed E-state index contributed by atoms with van der Waals surface area (Å²) >= 11 is 0. The average Bonchev–Trinajstić information content (AvgIpc) is 2.72. The second-order valence-corrected chi connectivity index (χ2v) is 8.97. The van der Waals surface area contributed by atoms with Crippen LogP contribution in [0, 0.1) is 29.4 Å². The van der Waals surface area contributed by atoms with Gasteiger partial charge < -0.3 is 9.47 Å². The highest BCUT2D eigenvalue weighted by Crippen LogP contribution is 2.32. The van der Waals surface area contributed by atoms with Crippen LogP contribution in [0.2, 0.25) is 0 Å². The Kier molecular flexibility index (Phi) is 8.05. The average molecular weight is 409 g/mol. The van der Waals surface area contributed by atoms with Crippen LogP contribution in [0.3, 0.4) is 0 Å². The lowest BCUT2D eigenvalue weighted by Crippen LogP contribution is -2.25. The summed E-state index contributed by atoms with van der Waals surface area (Å²) < 4.78 is 40.0. The molecule has 0 spiro atoms. The maximum atomic E-state index is 14.5. The summed E-state index contributed by atoms with van der Waals surface area (Å²) in [6.07, 6.45) is 10.2. The van der Waals surface area contributed by atoms with Crippen LogP contribution in [0.1, 0.15) is 83.6 Å². The molecule has 1 aromatic rings. The third kappa shape index (κ3) is 6.00. The number of rotatable bonds is 7. The van der Waals surface area contributed by atoms with Crippen LogP contribution >= 0.6 is 0 Å². The molecular formula is C24H34F2O3. The number of hydrogen-bond donors (Lipinski definition) is 0. The molecule has 2 fully saturated rings. The lowest BCUT2D eigenvalue weighted by molar-refractivity contribution is -0.140. The van der Waals surface area contributed by atoms with Crippen LogP contribution in [0.4, 0.5) is 8.78 Å². The first-order valence-corrected chi connectivity index (χ1v) is 11.3. The lowest BCUT2D eigenvalue weighted by Gasteiger charge is -2.28. The van der Waals surface area contributed by atoms with E-state index >= 15 is 0 Å². The molecule has 1 aromatic carbocycles. The summed E-state index contributed by atoms with van der Waals surface area (Å²) in [5, 5.41) is 0. The molecule has 0 bridgehead atoms. The first-order valence-electron chi connectivity index (χ1n) is 11.3. The Morgan fingerprint density at radius 1 is 1.00 bits per heavy atom. The first kappa shape index (κ1) is 22.2. The van der Waals surface area contributed by atoms with Gasteiger partial charge in [0.05, 0.1) is 18.6 Å². The third-order valence-corrected chi connectivity index (χ3v) is 6.65. The zero-order valence-electron chi connectivity index (χ0n) is 17.7. The second-order valence-electron chi connectivity index (χ2n) is 8.97. The predicted octanol–water partition coefficient (Wildman–Crippen LogP) is 6.57. The van der Waals surface area contributed by atoms with Crippen molar-refractivity contribution in [2.24, 2.45) is 17.8 Å². The van der Waals surface area contributed by atoms with Gasteiger partial charge in [-0.1, -0.05) is 26.7 Å². The number of esters is 1. The lowest BCUT2D eigenvalue weighted by atomic mass is 9.83. The molecule has 2 saturated carbocycles. The predicted molar refractivity (Wildman–Crippen MR) is 109 cm³/mol. The molecule has 29 heavy (non-hydrogen) atoms. The topological polar surface area (TPSA) is 35.5 Å². The van der Waals surface area contributed by atoms with Crippen molar-refractivity contribution in [2.45, 2.75) is 90.8 Å². The Morgan fingerprint density at radius 3 is 2.34 bits per heavy atom. The summed E-state index contributed by atoms with van der Waals surface area (Å²) in [7, 11) is 0. The standard InChI is InChI=1S/C24H34F2O3/c1-3-4-17-7-12-20(13-8-17)28-15-19-11-14-21(23(26)22(19)25)29-24(27)18-9-5-16(2)6-10-18/h11,14,16-18,20H,3-10,12-13,15H2,1-2H3. The van der Waals surface area contributed by atoms with Gasteiger partial charge >= 0.3 is 5.97 Å². The number of benzene rings is 1. The monoisotopic (exact) mass is 408 g/mol. The van der Waals surface area contributed by atoms with Gasteiger partial charge in [0.25, 0.3) is 0 Å². The zero-order chi connectivity index (χ0) is 20.8. The largest absolute Gasteiger partial charge is 0.423 e. The minimum atomic E-state index is -1.10. The molecule has 0 atom stereocenters. The first-order chi connectivity index (χ1) is 14.0. The van der Waals surface area contributed by atoms with Crippen molar-refractivity contribution < 1.29 is 23.0 Å². The maximum absolute atomic E-state index is 14.5. The van der Waals surface area contributed by atoms with Crippen molar-refractivity contribution in [3.63, 3.8) is 0 Å². The summed E-state index contributed by atoms with van der Waals surface area (Å²) in [5.41, 5.74) is 0.171. The Hall–Kier alpha value is -1.49. The van der Waals surface area contributed by atoms with E-state index in [9.17, 15) is 13.6 Å². The summed E-state index contributed by atoms with van der Waals surface area (Å²) in [6.45, 7) is 4.41. The van der Waals surface area contributed by atoms with Crippen LogP contribution < -0.4 is 4.74 Å². The smallest absolute Gasteiger partial charge is 0.314 e. The van der Waals surface area contributed by atoms with E-state index in [4.69, 9.17) is 9.47 Å². The highest BCUT2D eigenvalue weighted by atomic mass is 19.2. The van der Waals surface area contributed by atoms with E-state index in [1.165, 1.54) is 25.0 Å². The number of carbonyl (C=O) groups excluding carboxylic acids is 1. The van der Waals surface area contributed by atoms with Gasteiger partial charge in [-0.3, -0.25) is 4.79 Å².